The third-order valence-electron chi connectivity index (χ3n) is 3.01. The highest BCUT2D eigenvalue weighted by molar-refractivity contribution is 5.93. The van der Waals surface area contributed by atoms with Gasteiger partial charge in [-0.1, -0.05) is 13.0 Å². The third kappa shape index (κ3) is 3.75. The lowest BCUT2D eigenvalue weighted by molar-refractivity contribution is 0.0950. The van der Waals surface area contributed by atoms with Crippen LogP contribution in [0.5, 0.6) is 0 Å². The largest absolute Gasteiger partial charge is 0.362 e. The van der Waals surface area contributed by atoms with Gasteiger partial charge in [0.25, 0.3) is 5.91 Å². The number of rotatable bonds is 5. The average Bonchev–Trinajstić information content (AvgIpc) is 2.52. The van der Waals surface area contributed by atoms with Crippen molar-refractivity contribution in [2.75, 3.05) is 19.0 Å². The molecule has 6 nitrogen and oxygen atoms in total. The Morgan fingerprint density at radius 3 is 2.57 bits per heavy atom. The number of pyridine rings is 1. The Kier molecular flexibility index (Phi) is 4.81. The molecule has 2 heterocycles. The van der Waals surface area contributed by atoms with Gasteiger partial charge in [-0.15, -0.1) is 0 Å². The van der Waals surface area contributed by atoms with Crippen LogP contribution in [0.15, 0.2) is 30.7 Å². The quantitative estimate of drug-likeness (QED) is 0.900. The summed E-state index contributed by atoms with van der Waals surface area (Å²) in [6, 6.07) is 3.80. The van der Waals surface area contributed by atoms with Gasteiger partial charge in [-0.2, -0.15) is 0 Å². The number of nitrogens with zero attached hydrogens (tertiary/aromatic N) is 4. The standard InChI is InChI=1S/C15H19N5O/c1-4-13-17-9-12(10-18-13)15(21)19-8-11-6-5-7-16-14(11)20(2)3/h5-7,9-10H,4,8H2,1-3H3,(H,19,21). The van der Waals surface area contributed by atoms with Crippen LogP contribution in [0.2, 0.25) is 0 Å². The van der Waals surface area contributed by atoms with Crippen LogP contribution in [0.3, 0.4) is 0 Å². The summed E-state index contributed by atoms with van der Waals surface area (Å²) in [5.41, 5.74) is 1.42. The van der Waals surface area contributed by atoms with Gasteiger partial charge in [0.05, 0.1) is 5.56 Å². The van der Waals surface area contributed by atoms with E-state index in [1.807, 2.05) is 38.1 Å². The number of nitrogens with one attached hydrogen (secondary N) is 1. The summed E-state index contributed by atoms with van der Waals surface area (Å²) in [6.07, 6.45) is 5.59. The minimum atomic E-state index is -0.189. The van der Waals surface area contributed by atoms with Crippen LogP contribution < -0.4 is 10.2 Å². The van der Waals surface area contributed by atoms with E-state index in [0.29, 0.717) is 12.1 Å². The van der Waals surface area contributed by atoms with Crippen molar-refractivity contribution in [3.05, 3.63) is 47.7 Å². The first-order chi connectivity index (χ1) is 10.1. The van der Waals surface area contributed by atoms with Gasteiger partial charge in [0.15, 0.2) is 0 Å². The number of anilines is 1. The maximum absolute atomic E-state index is 12.1. The van der Waals surface area contributed by atoms with Crippen LogP contribution in [0.25, 0.3) is 0 Å². The van der Waals surface area contributed by atoms with Crippen molar-refractivity contribution in [3.8, 4) is 0 Å². The number of aryl methyl sites for hydroxylation is 1. The van der Waals surface area contributed by atoms with Crippen molar-refractivity contribution in [3.63, 3.8) is 0 Å². The Balaban J connectivity index is 2.04. The number of carbonyl (C=O) groups excluding carboxylic acids is 1. The minimum Gasteiger partial charge on any atom is -0.362 e. The molecule has 0 fully saturated rings. The zero-order valence-corrected chi connectivity index (χ0v) is 12.5. The molecule has 2 rings (SSSR count). The van der Waals surface area contributed by atoms with E-state index in [9.17, 15) is 4.79 Å². The SMILES string of the molecule is CCc1ncc(C(=O)NCc2cccnc2N(C)C)cn1. The molecule has 0 aliphatic heterocycles. The number of aromatic nitrogens is 3. The summed E-state index contributed by atoms with van der Waals surface area (Å²) < 4.78 is 0. The Labute approximate surface area is 124 Å². The first-order valence-electron chi connectivity index (χ1n) is 6.82. The van der Waals surface area contributed by atoms with Crippen molar-refractivity contribution in [2.45, 2.75) is 19.9 Å². The fourth-order valence-electron chi connectivity index (χ4n) is 1.90. The van der Waals surface area contributed by atoms with E-state index in [0.717, 1.165) is 23.6 Å². The molecule has 2 aromatic heterocycles. The van der Waals surface area contributed by atoms with Crippen LogP contribution >= 0.6 is 0 Å². The van der Waals surface area contributed by atoms with Crippen LogP contribution in [0.4, 0.5) is 5.82 Å². The fourth-order valence-corrected chi connectivity index (χ4v) is 1.90. The molecule has 0 aliphatic rings. The maximum Gasteiger partial charge on any atom is 0.254 e. The van der Waals surface area contributed by atoms with Gasteiger partial charge in [-0.3, -0.25) is 4.79 Å². The highest BCUT2D eigenvalue weighted by atomic mass is 16.1. The highest BCUT2D eigenvalue weighted by Gasteiger charge is 2.09. The zero-order chi connectivity index (χ0) is 15.2. The molecule has 1 amide bonds. The normalized spacial score (nSPS) is 10.2. The van der Waals surface area contributed by atoms with Crippen LogP contribution in [-0.4, -0.2) is 35.0 Å². The van der Waals surface area contributed by atoms with Gasteiger partial charge in [0, 0.05) is 51.2 Å². The van der Waals surface area contributed by atoms with Crippen LogP contribution in [-0.2, 0) is 13.0 Å². The van der Waals surface area contributed by atoms with Crippen LogP contribution in [0, 0.1) is 0 Å². The molecular formula is C15H19N5O. The Morgan fingerprint density at radius 1 is 1.24 bits per heavy atom. The third-order valence-corrected chi connectivity index (χ3v) is 3.01. The molecule has 0 spiro atoms. The summed E-state index contributed by atoms with van der Waals surface area (Å²) in [5, 5.41) is 2.86. The van der Waals surface area contributed by atoms with E-state index in [1.54, 1.807) is 18.6 Å². The summed E-state index contributed by atoms with van der Waals surface area (Å²) in [5.74, 6) is 1.38. The second kappa shape index (κ2) is 6.78. The first kappa shape index (κ1) is 14.9. The van der Waals surface area contributed by atoms with E-state index in [-0.39, 0.29) is 5.91 Å². The number of hydrogen-bond donors (Lipinski definition) is 1. The lowest BCUT2D eigenvalue weighted by Gasteiger charge is -2.16. The second-order valence-corrected chi connectivity index (χ2v) is 4.80. The van der Waals surface area contributed by atoms with Gasteiger partial charge in [-0.05, 0) is 6.07 Å². The number of hydrogen-bond acceptors (Lipinski definition) is 5. The van der Waals surface area contributed by atoms with Gasteiger partial charge >= 0.3 is 0 Å². The lowest BCUT2D eigenvalue weighted by atomic mass is 10.2. The van der Waals surface area contributed by atoms with Gasteiger partial charge in [0.1, 0.15) is 11.6 Å². The maximum atomic E-state index is 12.1. The average molecular weight is 285 g/mol. The predicted molar refractivity (Wildman–Crippen MR) is 81.1 cm³/mol. The molecular weight excluding hydrogens is 266 g/mol. The van der Waals surface area contributed by atoms with Crippen molar-refractivity contribution in [1.29, 1.82) is 0 Å². The smallest absolute Gasteiger partial charge is 0.254 e. The van der Waals surface area contributed by atoms with Crippen molar-refractivity contribution in [2.24, 2.45) is 0 Å². The summed E-state index contributed by atoms with van der Waals surface area (Å²) in [6.45, 7) is 2.38. The van der Waals surface area contributed by atoms with Crippen molar-refractivity contribution in [1.82, 2.24) is 20.3 Å². The number of carbonyl (C=O) groups is 1. The predicted octanol–water partition coefficient (Wildman–Crippen LogP) is 1.43. The topological polar surface area (TPSA) is 71.0 Å². The first-order valence-corrected chi connectivity index (χ1v) is 6.82. The zero-order valence-electron chi connectivity index (χ0n) is 12.5. The molecule has 1 N–H and O–H groups in total. The van der Waals surface area contributed by atoms with Gasteiger partial charge in [-0.25, -0.2) is 15.0 Å². The van der Waals surface area contributed by atoms with E-state index in [2.05, 4.69) is 20.3 Å². The fraction of sp³-hybridized carbons (Fsp3) is 0.333. The van der Waals surface area contributed by atoms with Crippen LogP contribution in [0.1, 0.15) is 28.7 Å². The molecule has 0 aliphatic carbocycles. The molecule has 0 saturated carbocycles. The number of amides is 1. The Hall–Kier alpha value is -2.50. The summed E-state index contributed by atoms with van der Waals surface area (Å²) >= 11 is 0. The minimum absolute atomic E-state index is 0.189. The highest BCUT2D eigenvalue weighted by Crippen LogP contribution is 2.14. The Bertz CT molecular complexity index is 610. The monoisotopic (exact) mass is 285 g/mol. The van der Waals surface area contributed by atoms with E-state index in [1.165, 1.54) is 0 Å². The molecule has 6 heteroatoms. The van der Waals surface area contributed by atoms with E-state index >= 15 is 0 Å². The van der Waals surface area contributed by atoms with Gasteiger partial charge in [0.2, 0.25) is 0 Å². The molecule has 110 valence electrons. The second-order valence-electron chi connectivity index (χ2n) is 4.80. The molecule has 0 unspecified atom stereocenters. The molecule has 0 atom stereocenters. The summed E-state index contributed by atoms with van der Waals surface area (Å²) in [7, 11) is 3.84. The molecule has 0 saturated heterocycles. The molecule has 21 heavy (non-hydrogen) atoms. The van der Waals surface area contributed by atoms with E-state index in [4.69, 9.17) is 0 Å². The Morgan fingerprint density at radius 2 is 1.95 bits per heavy atom. The molecule has 0 radical (unpaired) electrons. The lowest BCUT2D eigenvalue weighted by Crippen LogP contribution is -2.25. The molecule has 0 aromatic carbocycles. The van der Waals surface area contributed by atoms with Crippen molar-refractivity contribution >= 4 is 11.7 Å². The van der Waals surface area contributed by atoms with Gasteiger partial charge < -0.3 is 10.2 Å². The van der Waals surface area contributed by atoms with E-state index < -0.39 is 0 Å². The summed E-state index contributed by atoms with van der Waals surface area (Å²) in [4.78, 5) is 26.5. The van der Waals surface area contributed by atoms with Crippen molar-refractivity contribution < 1.29 is 4.79 Å². The molecule has 2 aromatic rings. The molecule has 0 bridgehead atoms.